The molecule has 0 bridgehead atoms. The van der Waals surface area contributed by atoms with E-state index in [2.05, 4.69) is 19.9 Å². The second-order valence-corrected chi connectivity index (χ2v) is 4.01. The molecule has 2 heteroatoms. The SMILES string of the molecule is [CH2]C(C)c1cc(C#N)cc(OCCCC)c1. The van der Waals surface area contributed by atoms with E-state index in [-0.39, 0.29) is 5.92 Å². The summed E-state index contributed by atoms with van der Waals surface area (Å²) in [4.78, 5) is 0. The first-order valence-corrected chi connectivity index (χ1v) is 5.68. The summed E-state index contributed by atoms with van der Waals surface area (Å²) in [6.07, 6.45) is 2.14. The van der Waals surface area contributed by atoms with Crippen LogP contribution in [0, 0.1) is 18.3 Å². The summed E-state index contributed by atoms with van der Waals surface area (Å²) in [7, 11) is 0. The van der Waals surface area contributed by atoms with Crippen LogP contribution in [0.15, 0.2) is 18.2 Å². The molecule has 0 aromatic heterocycles. The van der Waals surface area contributed by atoms with Gasteiger partial charge in [-0.2, -0.15) is 5.26 Å². The van der Waals surface area contributed by atoms with Crippen LogP contribution in [0.1, 0.15) is 43.7 Å². The van der Waals surface area contributed by atoms with Crippen molar-refractivity contribution in [2.75, 3.05) is 6.61 Å². The molecule has 0 aliphatic rings. The molecular formula is C14H18NO. The Morgan fingerprint density at radius 3 is 2.75 bits per heavy atom. The highest BCUT2D eigenvalue weighted by Gasteiger charge is 2.05. The second-order valence-electron chi connectivity index (χ2n) is 4.01. The highest BCUT2D eigenvalue weighted by Crippen LogP contribution is 2.22. The lowest BCUT2D eigenvalue weighted by Crippen LogP contribution is -1.98. The zero-order valence-electron chi connectivity index (χ0n) is 9.99. The van der Waals surface area contributed by atoms with Gasteiger partial charge in [-0.1, -0.05) is 20.3 Å². The Hall–Kier alpha value is -1.49. The van der Waals surface area contributed by atoms with Crippen LogP contribution in [0.25, 0.3) is 0 Å². The maximum absolute atomic E-state index is 8.91. The number of unbranched alkanes of at least 4 members (excludes halogenated alkanes) is 1. The number of ether oxygens (including phenoxy) is 1. The molecule has 2 nitrogen and oxygen atoms in total. The molecular weight excluding hydrogens is 198 g/mol. The first-order valence-electron chi connectivity index (χ1n) is 5.68. The molecule has 0 heterocycles. The maximum Gasteiger partial charge on any atom is 0.120 e. The topological polar surface area (TPSA) is 33.0 Å². The van der Waals surface area contributed by atoms with Crippen LogP contribution in [-0.2, 0) is 0 Å². The van der Waals surface area contributed by atoms with E-state index >= 15 is 0 Å². The molecule has 85 valence electrons. The molecule has 0 aliphatic heterocycles. The zero-order chi connectivity index (χ0) is 12.0. The molecule has 1 rings (SSSR count). The van der Waals surface area contributed by atoms with Crippen molar-refractivity contribution < 1.29 is 4.74 Å². The fourth-order valence-corrected chi connectivity index (χ4v) is 1.39. The predicted octanol–water partition coefficient (Wildman–Crippen LogP) is 3.67. The molecule has 0 saturated carbocycles. The van der Waals surface area contributed by atoms with Gasteiger partial charge in [0.05, 0.1) is 18.2 Å². The largest absolute Gasteiger partial charge is 0.494 e. The molecule has 0 N–H and O–H groups in total. The van der Waals surface area contributed by atoms with Gasteiger partial charge < -0.3 is 4.74 Å². The summed E-state index contributed by atoms with van der Waals surface area (Å²) >= 11 is 0. The molecule has 1 atom stereocenters. The average Bonchev–Trinajstić information content (AvgIpc) is 2.29. The second kappa shape index (κ2) is 6.17. The fraction of sp³-hybridized carbons (Fsp3) is 0.429. The highest BCUT2D eigenvalue weighted by atomic mass is 16.5. The first-order chi connectivity index (χ1) is 7.67. The van der Waals surface area contributed by atoms with Crippen LogP contribution in [0.3, 0.4) is 0 Å². The lowest BCUT2D eigenvalue weighted by atomic mass is 10.0. The molecule has 0 spiro atoms. The summed E-state index contributed by atoms with van der Waals surface area (Å²) in [6, 6.07) is 7.76. The molecule has 1 radical (unpaired) electrons. The van der Waals surface area contributed by atoms with Gasteiger partial charge in [0.25, 0.3) is 0 Å². The first kappa shape index (κ1) is 12.6. The molecule has 1 unspecified atom stereocenters. The number of nitriles is 1. The van der Waals surface area contributed by atoms with E-state index in [1.54, 1.807) is 6.07 Å². The molecule has 16 heavy (non-hydrogen) atoms. The summed E-state index contributed by atoms with van der Waals surface area (Å²) < 4.78 is 5.60. The summed E-state index contributed by atoms with van der Waals surface area (Å²) in [6.45, 7) is 8.79. The van der Waals surface area contributed by atoms with Crippen molar-refractivity contribution in [3.05, 3.63) is 36.2 Å². The highest BCUT2D eigenvalue weighted by molar-refractivity contribution is 5.42. The summed E-state index contributed by atoms with van der Waals surface area (Å²) in [5.41, 5.74) is 1.69. The minimum absolute atomic E-state index is 0.168. The predicted molar refractivity (Wildman–Crippen MR) is 65.3 cm³/mol. The molecule has 0 amide bonds. The van der Waals surface area contributed by atoms with E-state index in [1.807, 2.05) is 19.1 Å². The van der Waals surface area contributed by atoms with Gasteiger partial charge >= 0.3 is 0 Å². The third-order valence-corrected chi connectivity index (χ3v) is 2.39. The Morgan fingerprint density at radius 1 is 1.44 bits per heavy atom. The van der Waals surface area contributed by atoms with E-state index in [0.717, 1.165) is 24.2 Å². The third kappa shape index (κ3) is 3.58. The number of benzene rings is 1. The normalized spacial score (nSPS) is 10.2. The Morgan fingerprint density at radius 2 is 2.19 bits per heavy atom. The van der Waals surface area contributed by atoms with Gasteiger partial charge in [-0.25, -0.2) is 0 Å². The lowest BCUT2D eigenvalue weighted by molar-refractivity contribution is 0.309. The van der Waals surface area contributed by atoms with Crippen molar-refractivity contribution >= 4 is 0 Å². The van der Waals surface area contributed by atoms with Crippen molar-refractivity contribution in [3.8, 4) is 11.8 Å². The number of rotatable bonds is 5. The van der Waals surface area contributed by atoms with Crippen molar-refractivity contribution in [1.29, 1.82) is 5.26 Å². The van der Waals surface area contributed by atoms with Gasteiger partial charge in [-0.05, 0) is 43.0 Å². The van der Waals surface area contributed by atoms with Gasteiger partial charge in [0.1, 0.15) is 5.75 Å². The average molecular weight is 216 g/mol. The molecule has 1 aromatic rings. The van der Waals surface area contributed by atoms with Gasteiger partial charge in [0.15, 0.2) is 0 Å². The molecule has 0 saturated heterocycles. The van der Waals surface area contributed by atoms with Crippen LogP contribution >= 0.6 is 0 Å². The number of hydrogen-bond acceptors (Lipinski definition) is 2. The Kier molecular flexibility index (Phi) is 4.85. The van der Waals surface area contributed by atoms with Gasteiger partial charge in [-0.3, -0.25) is 0 Å². The summed E-state index contributed by atoms with van der Waals surface area (Å²) in [5, 5.41) is 8.91. The zero-order valence-corrected chi connectivity index (χ0v) is 9.99. The van der Waals surface area contributed by atoms with E-state index < -0.39 is 0 Å². The van der Waals surface area contributed by atoms with Crippen LogP contribution < -0.4 is 4.74 Å². The standard InChI is InChI=1S/C14H18NO/c1-4-5-6-16-14-8-12(10-15)7-13(9-14)11(2)3/h7-9,11H,2,4-6H2,1,3H3. The van der Waals surface area contributed by atoms with Gasteiger partial charge in [0, 0.05) is 0 Å². The summed E-state index contributed by atoms with van der Waals surface area (Å²) in [5.74, 6) is 0.944. The Bertz CT molecular complexity index is 377. The third-order valence-electron chi connectivity index (χ3n) is 2.39. The molecule has 0 fully saturated rings. The fourth-order valence-electron chi connectivity index (χ4n) is 1.39. The van der Waals surface area contributed by atoms with Gasteiger partial charge in [-0.15, -0.1) is 0 Å². The number of nitrogens with zero attached hydrogens (tertiary/aromatic N) is 1. The minimum atomic E-state index is 0.168. The van der Waals surface area contributed by atoms with Crippen molar-refractivity contribution in [2.24, 2.45) is 0 Å². The quantitative estimate of drug-likeness (QED) is 0.703. The number of hydrogen-bond donors (Lipinski definition) is 0. The Balaban J connectivity index is 2.83. The Labute approximate surface area is 97.9 Å². The van der Waals surface area contributed by atoms with Gasteiger partial charge in [0.2, 0.25) is 0 Å². The lowest BCUT2D eigenvalue weighted by Gasteiger charge is -2.10. The van der Waals surface area contributed by atoms with E-state index in [4.69, 9.17) is 10.00 Å². The van der Waals surface area contributed by atoms with Crippen molar-refractivity contribution in [1.82, 2.24) is 0 Å². The molecule has 1 aromatic carbocycles. The van der Waals surface area contributed by atoms with E-state index in [1.165, 1.54) is 0 Å². The minimum Gasteiger partial charge on any atom is -0.494 e. The van der Waals surface area contributed by atoms with Crippen molar-refractivity contribution in [2.45, 2.75) is 32.6 Å². The smallest absolute Gasteiger partial charge is 0.120 e. The van der Waals surface area contributed by atoms with E-state index in [0.29, 0.717) is 12.2 Å². The monoisotopic (exact) mass is 216 g/mol. The van der Waals surface area contributed by atoms with Crippen LogP contribution in [0.4, 0.5) is 0 Å². The van der Waals surface area contributed by atoms with Crippen LogP contribution in [-0.4, -0.2) is 6.61 Å². The molecule has 0 aliphatic carbocycles. The van der Waals surface area contributed by atoms with Crippen LogP contribution in [0.5, 0.6) is 5.75 Å². The van der Waals surface area contributed by atoms with E-state index in [9.17, 15) is 0 Å². The van der Waals surface area contributed by atoms with Crippen LogP contribution in [0.2, 0.25) is 0 Å². The maximum atomic E-state index is 8.91. The van der Waals surface area contributed by atoms with Crippen molar-refractivity contribution in [3.63, 3.8) is 0 Å².